The first kappa shape index (κ1) is 26.9. The summed E-state index contributed by atoms with van der Waals surface area (Å²) in [6, 6.07) is 4.77. The molecule has 2 amide bonds. The minimum absolute atomic E-state index is 0.0793. The van der Waals surface area contributed by atoms with Crippen molar-refractivity contribution in [2.45, 2.75) is 57.4 Å². The van der Waals surface area contributed by atoms with E-state index in [0.29, 0.717) is 47.8 Å². The first-order valence-corrected chi connectivity index (χ1v) is 11.9. The molecule has 0 aliphatic heterocycles. The number of amides is 2. The van der Waals surface area contributed by atoms with Gasteiger partial charge in [0, 0.05) is 53.3 Å². The summed E-state index contributed by atoms with van der Waals surface area (Å²) >= 11 is 6.34. The fourth-order valence-corrected chi connectivity index (χ4v) is 4.75. The SMILES string of the molecule is Cc1ncc([C@@H](CC(=O)NC[C@H](Cc2ccc(C(N)=O)cc2Cl)N(C)C)C2(C(C)(F)F)CC2)cn1. The Kier molecular flexibility index (Phi) is 8.11. The molecule has 1 aromatic carbocycles. The lowest BCUT2D eigenvalue weighted by molar-refractivity contribution is -0.123. The van der Waals surface area contributed by atoms with Crippen LogP contribution in [0.2, 0.25) is 5.02 Å². The topological polar surface area (TPSA) is 101 Å². The lowest BCUT2D eigenvalue weighted by Crippen LogP contribution is -2.43. The van der Waals surface area contributed by atoms with E-state index in [1.165, 1.54) is 6.07 Å². The van der Waals surface area contributed by atoms with Gasteiger partial charge in [0.25, 0.3) is 5.92 Å². The average Bonchev–Trinajstić information content (AvgIpc) is 3.58. The molecule has 190 valence electrons. The Morgan fingerprint density at radius 1 is 1.26 bits per heavy atom. The highest BCUT2D eigenvalue weighted by Gasteiger charge is 2.63. The molecule has 0 bridgehead atoms. The van der Waals surface area contributed by atoms with Crippen molar-refractivity contribution in [2.24, 2.45) is 11.1 Å². The lowest BCUT2D eigenvalue weighted by atomic mass is 9.78. The predicted octanol–water partition coefficient (Wildman–Crippen LogP) is 3.74. The first-order valence-electron chi connectivity index (χ1n) is 11.5. The summed E-state index contributed by atoms with van der Waals surface area (Å²) in [4.78, 5) is 34.6. The molecular weight excluding hydrogens is 476 g/mol. The van der Waals surface area contributed by atoms with E-state index in [-0.39, 0.29) is 18.4 Å². The Morgan fingerprint density at radius 3 is 2.37 bits per heavy atom. The monoisotopic (exact) mass is 507 g/mol. The minimum Gasteiger partial charge on any atom is -0.366 e. The van der Waals surface area contributed by atoms with E-state index >= 15 is 0 Å². The van der Waals surface area contributed by atoms with Gasteiger partial charge >= 0.3 is 0 Å². The molecule has 1 aliphatic rings. The van der Waals surface area contributed by atoms with Crippen LogP contribution in [0.1, 0.15) is 59.4 Å². The maximum absolute atomic E-state index is 14.6. The van der Waals surface area contributed by atoms with Crippen LogP contribution in [0, 0.1) is 12.3 Å². The maximum atomic E-state index is 14.6. The molecule has 0 radical (unpaired) electrons. The van der Waals surface area contributed by atoms with Gasteiger partial charge in [-0.1, -0.05) is 17.7 Å². The second-order valence-electron chi connectivity index (χ2n) is 9.66. The standard InChI is InChI=1S/C25H32ClF2N5O2/c1-15-30-12-18(13-31-15)20(25(7-8-25)24(2,27)28)11-22(34)32-14-19(33(3)4)9-16-5-6-17(23(29)35)10-21(16)26/h5-6,10,12-13,19-20H,7-9,11,14H2,1-4H3,(H2,29,35)(H,32,34)/t19-,20+/m0/s1. The van der Waals surface area contributed by atoms with Gasteiger partial charge in [0.2, 0.25) is 11.8 Å². The lowest BCUT2D eigenvalue weighted by Gasteiger charge is -2.32. The van der Waals surface area contributed by atoms with Crippen molar-refractivity contribution in [3.8, 4) is 0 Å². The first-order chi connectivity index (χ1) is 16.3. The molecule has 1 fully saturated rings. The summed E-state index contributed by atoms with van der Waals surface area (Å²) in [7, 11) is 3.76. The minimum atomic E-state index is -2.93. The van der Waals surface area contributed by atoms with Crippen LogP contribution in [0.4, 0.5) is 8.78 Å². The molecule has 1 aromatic heterocycles. The van der Waals surface area contributed by atoms with E-state index < -0.39 is 23.2 Å². The van der Waals surface area contributed by atoms with Gasteiger partial charge < -0.3 is 16.0 Å². The van der Waals surface area contributed by atoms with Crippen LogP contribution in [0.3, 0.4) is 0 Å². The molecule has 35 heavy (non-hydrogen) atoms. The van der Waals surface area contributed by atoms with Gasteiger partial charge in [-0.25, -0.2) is 18.7 Å². The number of likely N-dealkylation sites (N-methyl/N-ethyl adjacent to an activating group) is 1. The second kappa shape index (κ2) is 10.5. The quantitative estimate of drug-likeness (QED) is 0.482. The third-order valence-electron chi connectivity index (χ3n) is 6.98. The zero-order valence-corrected chi connectivity index (χ0v) is 21.2. The number of primary amides is 1. The van der Waals surface area contributed by atoms with E-state index in [9.17, 15) is 18.4 Å². The molecular formula is C25H32ClF2N5O2. The van der Waals surface area contributed by atoms with Gasteiger partial charge in [-0.05, 0) is 70.5 Å². The van der Waals surface area contributed by atoms with E-state index in [4.69, 9.17) is 17.3 Å². The summed E-state index contributed by atoms with van der Waals surface area (Å²) in [5.41, 5.74) is 5.72. The second-order valence-corrected chi connectivity index (χ2v) is 10.1. The Balaban J connectivity index is 1.71. The summed E-state index contributed by atoms with van der Waals surface area (Å²) in [5, 5.41) is 3.33. The van der Waals surface area contributed by atoms with Crippen LogP contribution < -0.4 is 11.1 Å². The van der Waals surface area contributed by atoms with Crippen LogP contribution in [0.25, 0.3) is 0 Å². The molecule has 1 heterocycles. The fraction of sp³-hybridized carbons (Fsp3) is 0.520. The van der Waals surface area contributed by atoms with Crippen molar-refractivity contribution in [1.29, 1.82) is 0 Å². The molecule has 2 aromatic rings. The van der Waals surface area contributed by atoms with Crippen molar-refractivity contribution in [3.05, 3.63) is 58.1 Å². The molecule has 0 spiro atoms. The van der Waals surface area contributed by atoms with Crippen molar-refractivity contribution >= 4 is 23.4 Å². The van der Waals surface area contributed by atoms with Crippen LogP contribution in [0.15, 0.2) is 30.6 Å². The summed E-state index contributed by atoms with van der Waals surface area (Å²) in [5.74, 6) is -3.94. The van der Waals surface area contributed by atoms with Crippen LogP contribution in [0.5, 0.6) is 0 Å². The largest absolute Gasteiger partial charge is 0.366 e. The zero-order chi connectivity index (χ0) is 26.0. The third kappa shape index (κ3) is 6.32. The maximum Gasteiger partial charge on any atom is 0.251 e. The van der Waals surface area contributed by atoms with Crippen molar-refractivity contribution in [2.75, 3.05) is 20.6 Å². The third-order valence-corrected chi connectivity index (χ3v) is 7.33. The number of hydrogen-bond acceptors (Lipinski definition) is 5. The van der Waals surface area contributed by atoms with E-state index in [2.05, 4.69) is 15.3 Å². The van der Waals surface area contributed by atoms with Gasteiger partial charge in [-0.3, -0.25) is 9.59 Å². The highest BCUT2D eigenvalue weighted by Crippen LogP contribution is 2.65. The summed E-state index contributed by atoms with van der Waals surface area (Å²) in [6.45, 7) is 2.95. The van der Waals surface area contributed by atoms with E-state index in [0.717, 1.165) is 12.5 Å². The molecule has 10 heteroatoms. The Morgan fingerprint density at radius 2 is 1.89 bits per heavy atom. The van der Waals surface area contributed by atoms with Crippen molar-refractivity contribution < 1.29 is 18.4 Å². The predicted molar refractivity (Wildman–Crippen MR) is 131 cm³/mol. The smallest absolute Gasteiger partial charge is 0.251 e. The Bertz CT molecular complexity index is 1070. The number of carbonyl (C=O) groups is 2. The van der Waals surface area contributed by atoms with E-state index in [1.807, 2.05) is 19.0 Å². The van der Waals surface area contributed by atoms with Crippen LogP contribution >= 0.6 is 11.6 Å². The van der Waals surface area contributed by atoms with Gasteiger partial charge in [0.15, 0.2) is 0 Å². The van der Waals surface area contributed by atoms with Crippen molar-refractivity contribution in [3.63, 3.8) is 0 Å². The number of halogens is 3. The molecule has 2 atom stereocenters. The average molecular weight is 508 g/mol. The van der Waals surface area contributed by atoms with E-state index in [1.54, 1.807) is 31.5 Å². The number of carbonyl (C=O) groups excluding carboxylic acids is 2. The molecule has 7 nitrogen and oxygen atoms in total. The number of benzene rings is 1. The molecule has 1 saturated carbocycles. The number of nitrogens with zero attached hydrogens (tertiary/aromatic N) is 3. The molecule has 3 rings (SSSR count). The zero-order valence-electron chi connectivity index (χ0n) is 20.4. The summed E-state index contributed by atoms with van der Waals surface area (Å²) in [6.07, 6.45) is 4.23. The van der Waals surface area contributed by atoms with Gasteiger partial charge in [-0.2, -0.15) is 0 Å². The molecule has 3 N–H and O–H groups in total. The number of rotatable bonds is 11. The number of alkyl halides is 2. The van der Waals surface area contributed by atoms with Crippen LogP contribution in [-0.4, -0.2) is 59.3 Å². The molecule has 1 aliphatic carbocycles. The fourth-order valence-electron chi connectivity index (χ4n) is 4.49. The molecule has 0 unspecified atom stereocenters. The van der Waals surface area contributed by atoms with Gasteiger partial charge in [0.05, 0.1) is 0 Å². The Labute approximate surface area is 209 Å². The van der Waals surface area contributed by atoms with Gasteiger partial charge in [-0.15, -0.1) is 0 Å². The number of nitrogens with two attached hydrogens (primary N) is 1. The van der Waals surface area contributed by atoms with Crippen LogP contribution in [-0.2, 0) is 11.2 Å². The van der Waals surface area contributed by atoms with Gasteiger partial charge in [0.1, 0.15) is 5.82 Å². The number of aromatic nitrogens is 2. The normalized spacial score (nSPS) is 16.6. The molecule has 0 saturated heterocycles. The Hall–Kier alpha value is -2.65. The number of nitrogens with one attached hydrogen (secondary N) is 1. The number of hydrogen-bond donors (Lipinski definition) is 2. The van der Waals surface area contributed by atoms with Crippen molar-refractivity contribution in [1.82, 2.24) is 20.2 Å². The summed E-state index contributed by atoms with van der Waals surface area (Å²) < 4.78 is 29.2. The number of aryl methyl sites for hydroxylation is 1. The highest BCUT2D eigenvalue weighted by atomic mass is 35.5. The highest BCUT2D eigenvalue weighted by molar-refractivity contribution is 6.31.